The number of carbonyl (C=O) groups excluding carboxylic acids is 4. The van der Waals surface area contributed by atoms with Gasteiger partial charge in [0.05, 0.1) is 7.11 Å². The maximum absolute atomic E-state index is 12.9. The topological polar surface area (TPSA) is 102 Å². The lowest BCUT2D eigenvalue weighted by atomic mass is 9.73. The minimum atomic E-state index is -0.908. The molecule has 1 aliphatic carbocycles. The van der Waals surface area contributed by atoms with Gasteiger partial charge in [0.15, 0.2) is 5.78 Å². The van der Waals surface area contributed by atoms with E-state index >= 15 is 0 Å². The standard InChI is InChI=1S/C21H26N2O6/c1-13-6-4-5-9-21(13)19(26)23(20(27)22-21)11-18(25)29-12-16-10-15(14(2)24)7-8-17(16)28-3/h7-8,10,13H,4-6,9,11-12H2,1-3H3,(H,22,27)/t13-,21+/m0/s1. The highest BCUT2D eigenvalue weighted by atomic mass is 16.5. The number of ketones is 1. The first kappa shape index (κ1) is 20.8. The molecule has 1 heterocycles. The lowest BCUT2D eigenvalue weighted by Crippen LogP contribution is -2.54. The monoisotopic (exact) mass is 402 g/mol. The van der Waals surface area contributed by atoms with Gasteiger partial charge >= 0.3 is 12.0 Å². The fourth-order valence-corrected chi connectivity index (χ4v) is 4.08. The van der Waals surface area contributed by atoms with Crippen LogP contribution < -0.4 is 10.1 Å². The number of methoxy groups -OCH3 is 1. The van der Waals surface area contributed by atoms with Crippen molar-refractivity contribution in [1.82, 2.24) is 10.2 Å². The molecule has 3 amide bonds. The zero-order valence-corrected chi connectivity index (χ0v) is 16.9. The summed E-state index contributed by atoms with van der Waals surface area (Å²) >= 11 is 0. The molecule has 8 nitrogen and oxygen atoms in total. The Morgan fingerprint density at radius 3 is 2.69 bits per heavy atom. The Morgan fingerprint density at radius 1 is 1.28 bits per heavy atom. The highest BCUT2D eigenvalue weighted by Crippen LogP contribution is 2.38. The van der Waals surface area contributed by atoms with Gasteiger partial charge in [0.1, 0.15) is 24.4 Å². The second-order valence-corrected chi connectivity index (χ2v) is 7.68. The number of Topliss-reactive ketones (excluding diaryl/α,β-unsaturated/α-hetero) is 1. The van der Waals surface area contributed by atoms with E-state index in [1.807, 2.05) is 6.92 Å². The van der Waals surface area contributed by atoms with E-state index in [1.54, 1.807) is 18.2 Å². The third-order valence-electron chi connectivity index (χ3n) is 5.86. The molecule has 2 atom stereocenters. The van der Waals surface area contributed by atoms with E-state index in [0.29, 0.717) is 23.3 Å². The summed E-state index contributed by atoms with van der Waals surface area (Å²) in [7, 11) is 1.48. The number of benzene rings is 1. The van der Waals surface area contributed by atoms with Gasteiger partial charge in [0, 0.05) is 11.1 Å². The molecule has 1 spiro atoms. The molecule has 1 aromatic rings. The van der Waals surface area contributed by atoms with Gasteiger partial charge < -0.3 is 14.8 Å². The molecule has 0 radical (unpaired) electrons. The van der Waals surface area contributed by atoms with Crippen molar-refractivity contribution in [2.24, 2.45) is 5.92 Å². The molecule has 1 N–H and O–H groups in total. The van der Waals surface area contributed by atoms with Gasteiger partial charge in [0.2, 0.25) is 0 Å². The second-order valence-electron chi connectivity index (χ2n) is 7.68. The summed E-state index contributed by atoms with van der Waals surface area (Å²) in [5.74, 6) is -0.682. The molecule has 0 bridgehead atoms. The number of ether oxygens (including phenoxy) is 2. The van der Waals surface area contributed by atoms with E-state index < -0.39 is 24.1 Å². The van der Waals surface area contributed by atoms with E-state index in [0.717, 1.165) is 24.2 Å². The summed E-state index contributed by atoms with van der Waals surface area (Å²) in [5.41, 5.74) is 0.0940. The molecule has 0 aromatic heterocycles. The molecule has 156 valence electrons. The van der Waals surface area contributed by atoms with Crippen LogP contribution in [0.4, 0.5) is 4.79 Å². The van der Waals surface area contributed by atoms with Crippen LogP contribution >= 0.6 is 0 Å². The summed E-state index contributed by atoms with van der Waals surface area (Å²) in [6, 6.07) is 4.30. The first-order valence-electron chi connectivity index (χ1n) is 9.76. The van der Waals surface area contributed by atoms with Crippen molar-refractivity contribution in [1.29, 1.82) is 0 Å². The Labute approximate surface area is 169 Å². The van der Waals surface area contributed by atoms with Crippen LogP contribution in [0.1, 0.15) is 55.5 Å². The highest BCUT2D eigenvalue weighted by Gasteiger charge is 2.55. The molecule has 8 heteroatoms. The SMILES string of the molecule is COc1ccc(C(C)=O)cc1COC(=O)CN1C(=O)N[C@@]2(CCCC[C@@H]2C)C1=O. The van der Waals surface area contributed by atoms with Crippen LogP contribution in [0, 0.1) is 5.92 Å². The molecular formula is C21H26N2O6. The maximum atomic E-state index is 12.9. The van der Waals surface area contributed by atoms with Crippen LogP contribution in [0.5, 0.6) is 5.75 Å². The Hall–Kier alpha value is -2.90. The van der Waals surface area contributed by atoms with E-state index in [2.05, 4.69) is 5.32 Å². The lowest BCUT2D eigenvalue weighted by Gasteiger charge is -2.36. The molecule has 1 aromatic carbocycles. The fraction of sp³-hybridized carbons (Fsp3) is 0.524. The van der Waals surface area contributed by atoms with Crippen molar-refractivity contribution in [3.63, 3.8) is 0 Å². The predicted octanol–water partition coefficient (Wildman–Crippen LogP) is 2.44. The number of amides is 3. The number of imide groups is 1. The van der Waals surface area contributed by atoms with Crippen LogP contribution in [0.2, 0.25) is 0 Å². The number of hydrogen-bond donors (Lipinski definition) is 1. The van der Waals surface area contributed by atoms with Crippen molar-refractivity contribution < 1.29 is 28.7 Å². The van der Waals surface area contributed by atoms with Gasteiger partial charge in [-0.15, -0.1) is 0 Å². The van der Waals surface area contributed by atoms with Gasteiger partial charge in [-0.2, -0.15) is 0 Å². The molecule has 3 rings (SSSR count). The summed E-state index contributed by atoms with van der Waals surface area (Å²) in [6.45, 7) is 2.81. The molecule has 2 fully saturated rings. The Bertz CT molecular complexity index is 852. The first-order chi connectivity index (χ1) is 13.8. The lowest BCUT2D eigenvalue weighted by molar-refractivity contribution is -0.149. The van der Waals surface area contributed by atoms with E-state index in [9.17, 15) is 19.2 Å². The highest BCUT2D eigenvalue weighted by molar-refractivity contribution is 6.09. The van der Waals surface area contributed by atoms with Crippen molar-refractivity contribution in [3.05, 3.63) is 29.3 Å². The Kier molecular flexibility index (Phi) is 5.91. The molecule has 29 heavy (non-hydrogen) atoms. The van der Waals surface area contributed by atoms with Gasteiger partial charge in [0.25, 0.3) is 5.91 Å². The summed E-state index contributed by atoms with van der Waals surface area (Å²) in [4.78, 5) is 50.1. The zero-order chi connectivity index (χ0) is 21.2. The summed E-state index contributed by atoms with van der Waals surface area (Å²) in [5, 5.41) is 2.81. The van der Waals surface area contributed by atoms with E-state index in [-0.39, 0.29) is 24.2 Å². The Balaban J connectivity index is 1.66. The number of nitrogens with one attached hydrogen (secondary N) is 1. The van der Waals surface area contributed by atoms with Crippen LogP contribution in [0.25, 0.3) is 0 Å². The summed E-state index contributed by atoms with van der Waals surface area (Å²) in [6.07, 6.45) is 3.33. The van der Waals surface area contributed by atoms with E-state index in [1.165, 1.54) is 14.0 Å². The third-order valence-corrected chi connectivity index (χ3v) is 5.86. The van der Waals surface area contributed by atoms with Gasteiger partial charge in [-0.25, -0.2) is 4.79 Å². The molecule has 1 saturated heterocycles. The van der Waals surface area contributed by atoms with Crippen LogP contribution in [0.3, 0.4) is 0 Å². The minimum Gasteiger partial charge on any atom is -0.496 e. The number of hydrogen-bond acceptors (Lipinski definition) is 6. The van der Waals surface area contributed by atoms with Crippen molar-refractivity contribution in [2.75, 3.05) is 13.7 Å². The van der Waals surface area contributed by atoms with Gasteiger partial charge in [-0.1, -0.05) is 19.8 Å². The Morgan fingerprint density at radius 2 is 2.03 bits per heavy atom. The van der Waals surface area contributed by atoms with E-state index in [4.69, 9.17) is 9.47 Å². The summed E-state index contributed by atoms with van der Waals surface area (Å²) < 4.78 is 10.5. The number of nitrogens with zero attached hydrogens (tertiary/aromatic N) is 1. The first-order valence-corrected chi connectivity index (χ1v) is 9.76. The largest absolute Gasteiger partial charge is 0.496 e. The zero-order valence-electron chi connectivity index (χ0n) is 16.9. The van der Waals surface area contributed by atoms with Gasteiger partial charge in [-0.05, 0) is 43.9 Å². The average molecular weight is 402 g/mol. The van der Waals surface area contributed by atoms with Crippen LogP contribution in [-0.4, -0.2) is 47.8 Å². The maximum Gasteiger partial charge on any atom is 0.326 e. The molecule has 1 aliphatic heterocycles. The van der Waals surface area contributed by atoms with Crippen LogP contribution in [0.15, 0.2) is 18.2 Å². The molecule has 1 saturated carbocycles. The average Bonchev–Trinajstić information content (AvgIpc) is 2.93. The number of urea groups is 1. The van der Waals surface area contributed by atoms with Crippen LogP contribution in [-0.2, 0) is 20.9 Å². The number of rotatable bonds is 6. The molecule has 0 unspecified atom stereocenters. The quantitative estimate of drug-likeness (QED) is 0.445. The van der Waals surface area contributed by atoms with Gasteiger partial charge in [-0.3, -0.25) is 19.3 Å². The second kappa shape index (κ2) is 8.23. The van der Waals surface area contributed by atoms with Crippen molar-refractivity contribution >= 4 is 23.7 Å². The molecular weight excluding hydrogens is 376 g/mol. The minimum absolute atomic E-state index is 0.0207. The van der Waals surface area contributed by atoms with Crippen molar-refractivity contribution in [2.45, 2.75) is 51.7 Å². The smallest absolute Gasteiger partial charge is 0.326 e. The molecule has 2 aliphatic rings. The fourth-order valence-electron chi connectivity index (χ4n) is 4.08. The number of carbonyl (C=O) groups is 4. The predicted molar refractivity (Wildman–Crippen MR) is 103 cm³/mol. The number of esters is 1. The third kappa shape index (κ3) is 3.97. The normalized spacial score (nSPS) is 23.8. The van der Waals surface area contributed by atoms with Crippen molar-refractivity contribution in [3.8, 4) is 5.75 Å².